The molecule has 1 aliphatic heterocycles. The SMILES string of the molecule is O=C1CSc2cc(S)ccc21. The number of benzene rings is 1. The van der Waals surface area contributed by atoms with E-state index in [9.17, 15) is 4.79 Å². The molecule has 1 nitrogen and oxygen atoms in total. The van der Waals surface area contributed by atoms with Crippen molar-refractivity contribution in [2.45, 2.75) is 9.79 Å². The molecule has 1 heterocycles. The Balaban J connectivity index is 2.59. The van der Waals surface area contributed by atoms with Crippen molar-refractivity contribution < 1.29 is 4.79 Å². The van der Waals surface area contributed by atoms with E-state index in [1.165, 1.54) is 0 Å². The van der Waals surface area contributed by atoms with Gasteiger partial charge < -0.3 is 0 Å². The van der Waals surface area contributed by atoms with Gasteiger partial charge in [-0.2, -0.15) is 0 Å². The lowest BCUT2D eigenvalue weighted by molar-refractivity contribution is 0.102. The van der Waals surface area contributed by atoms with E-state index in [0.717, 1.165) is 15.4 Å². The van der Waals surface area contributed by atoms with Crippen molar-refractivity contribution in [2.24, 2.45) is 0 Å². The maximum Gasteiger partial charge on any atom is 0.174 e. The fraction of sp³-hybridized carbons (Fsp3) is 0.125. The van der Waals surface area contributed by atoms with Crippen LogP contribution in [-0.2, 0) is 0 Å². The lowest BCUT2D eigenvalue weighted by Gasteiger charge is -1.95. The van der Waals surface area contributed by atoms with Gasteiger partial charge >= 0.3 is 0 Å². The first-order chi connectivity index (χ1) is 5.27. The summed E-state index contributed by atoms with van der Waals surface area (Å²) in [4.78, 5) is 13.1. The summed E-state index contributed by atoms with van der Waals surface area (Å²) in [5, 5.41) is 0. The van der Waals surface area contributed by atoms with E-state index >= 15 is 0 Å². The number of fused-ring (bicyclic) bond motifs is 1. The van der Waals surface area contributed by atoms with Crippen molar-refractivity contribution in [1.82, 2.24) is 0 Å². The Hall–Kier alpha value is -0.410. The minimum Gasteiger partial charge on any atom is -0.293 e. The monoisotopic (exact) mass is 182 g/mol. The highest BCUT2D eigenvalue weighted by Crippen LogP contribution is 2.32. The van der Waals surface area contributed by atoms with Gasteiger partial charge in [0, 0.05) is 15.4 Å². The van der Waals surface area contributed by atoms with Crippen LogP contribution in [0.2, 0.25) is 0 Å². The molecule has 11 heavy (non-hydrogen) atoms. The quantitative estimate of drug-likeness (QED) is 0.620. The highest BCUT2D eigenvalue weighted by atomic mass is 32.2. The maximum absolute atomic E-state index is 11.1. The predicted molar refractivity (Wildman–Crippen MR) is 48.7 cm³/mol. The van der Waals surface area contributed by atoms with Gasteiger partial charge in [0.15, 0.2) is 5.78 Å². The minimum atomic E-state index is 0.235. The number of carbonyl (C=O) groups excluding carboxylic acids is 1. The second kappa shape index (κ2) is 2.57. The third-order valence-corrected chi connectivity index (χ3v) is 2.96. The third kappa shape index (κ3) is 1.19. The molecule has 2 rings (SSSR count). The Labute approximate surface area is 74.6 Å². The van der Waals surface area contributed by atoms with E-state index in [1.807, 2.05) is 18.2 Å². The molecule has 0 fully saturated rings. The van der Waals surface area contributed by atoms with E-state index < -0.39 is 0 Å². The molecule has 0 unspecified atom stereocenters. The predicted octanol–water partition coefficient (Wildman–Crippen LogP) is 2.26. The van der Waals surface area contributed by atoms with Crippen LogP contribution in [-0.4, -0.2) is 11.5 Å². The van der Waals surface area contributed by atoms with Crippen molar-refractivity contribution in [2.75, 3.05) is 5.75 Å². The van der Waals surface area contributed by atoms with Crippen LogP contribution in [0.4, 0.5) is 0 Å². The van der Waals surface area contributed by atoms with Gasteiger partial charge in [0.2, 0.25) is 0 Å². The Kier molecular flexibility index (Phi) is 1.69. The number of carbonyl (C=O) groups is 1. The van der Waals surface area contributed by atoms with Crippen LogP contribution < -0.4 is 0 Å². The normalized spacial score (nSPS) is 15.2. The smallest absolute Gasteiger partial charge is 0.174 e. The molecule has 1 aromatic rings. The molecule has 0 radical (unpaired) electrons. The first-order valence-corrected chi connectivity index (χ1v) is 4.69. The van der Waals surface area contributed by atoms with Gasteiger partial charge in [-0.05, 0) is 18.2 Å². The molecule has 3 heteroatoms. The summed E-state index contributed by atoms with van der Waals surface area (Å²) in [6.07, 6.45) is 0. The lowest BCUT2D eigenvalue weighted by atomic mass is 10.2. The Morgan fingerprint density at radius 2 is 2.27 bits per heavy atom. The summed E-state index contributed by atoms with van der Waals surface area (Å²) >= 11 is 5.78. The van der Waals surface area contributed by atoms with E-state index in [-0.39, 0.29) is 5.78 Å². The maximum atomic E-state index is 11.1. The average molecular weight is 182 g/mol. The third-order valence-electron chi connectivity index (χ3n) is 1.62. The van der Waals surface area contributed by atoms with Crippen LogP contribution >= 0.6 is 24.4 Å². The van der Waals surface area contributed by atoms with Gasteiger partial charge in [-0.25, -0.2) is 0 Å². The molecule has 0 spiro atoms. The number of ketones is 1. The molecule has 0 N–H and O–H groups in total. The summed E-state index contributed by atoms with van der Waals surface area (Å²) < 4.78 is 0. The van der Waals surface area contributed by atoms with Gasteiger partial charge in [-0.15, -0.1) is 24.4 Å². The van der Waals surface area contributed by atoms with Crippen LogP contribution in [0.1, 0.15) is 10.4 Å². The average Bonchev–Trinajstić information content (AvgIpc) is 2.32. The van der Waals surface area contributed by atoms with Gasteiger partial charge in [0.1, 0.15) is 0 Å². The van der Waals surface area contributed by atoms with Gasteiger partial charge in [-0.1, -0.05) is 0 Å². The van der Waals surface area contributed by atoms with Crippen LogP contribution in [0.3, 0.4) is 0 Å². The fourth-order valence-corrected chi connectivity index (χ4v) is 2.36. The van der Waals surface area contributed by atoms with Crippen molar-refractivity contribution in [3.05, 3.63) is 23.8 Å². The minimum absolute atomic E-state index is 0.235. The van der Waals surface area contributed by atoms with Gasteiger partial charge in [-0.3, -0.25) is 4.79 Å². The first kappa shape index (κ1) is 7.25. The Bertz CT molecular complexity index is 320. The summed E-state index contributed by atoms with van der Waals surface area (Å²) in [7, 11) is 0. The van der Waals surface area contributed by atoms with Crippen molar-refractivity contribution in [3.8, 4) is 0 Å². The number of hydrogen-bond donors (Lipinski definition) is 1. The summed E-state index contributed by atoms with van der Waals surface area (Å²) in [6.45, 7) is 0. The van der Waals surface area contributed by atoms with Gasteiger partial charge in [0.05, 0.1) is 5.75 Å². The molecular weight excluding hydrogens is 176 g/mol. The molecule has 0 atom stereocenters. The Morgan fingerprint density at radius 3 is 3.09 bits per heavy atom. The molecule has 0 aromatic heterocycles. The molecule has 56 valence electrons. The van der Waals surface area contributed by atoms with Gasteiger partial charge in [0.25, 0.3) is 0 Å². The van der Waals surface area contributed by atoms with E-state index in [4.69, 9.17) is 0 Å². The zero-order valence-corrected chi connectivity index (χ0v) is 7.41. The molecule has 0 amide bonds. The van der Waals surface area contributed by atoms with Crippen LogP contribution in [0.15, 0.2) is 28.0 Å². The summed E-state index contributed by atoms with van der Waals surface area (Å²) in [6, 6.07) is 5.64. The van der Waals surface area contributed by atoms with Crippen molar-refractivity contribution >= 4 is 30.2 Å². The number of hydrogen-bond acceptors (Lipinski definition) is 3. The molecule has 1 aromatic carbocycles. The lowest BCUT2D eigenvalue weighted by Crippen LogP contribution is -1.93. The number of thiol groups is 1. The molecule has 0 aliphatic carbocycles. The largest absolute Gasteiger partial charge is 0.293 e. The van der Waals surface area contributed by atoms with Crippen molar-refractivity contribution in [1.29, 1.82) is 0 Å². The highest BCUT2D eigenvalue weighted by molar-refractivity contribution is 8.00. The number of thioether (sulfide) groups is 1. The van der Waals surface area contributed by atoms with E-state index in [1.54, 1.807) is 11.8 Å². The first-order valence-electron chi connectivity index (χ1n) is 3.26. The molecule has 0 saturated carbocycles. The van der Waals surface area contributed by atoms with E-state index in [2.05, 4.69) is 12.6 Å². The molecule has 0 saturated heterocycles. The Morgan fingerprint density at radius 1 is 1.45 bits per heavy atom. The topological polar surface area (TPSA) is 17.1 Å². The zero-order chi connectivity index (χ0) is 7.84. The fourth-order valence-electron chi connectivity index (χ4n) is 1.08. The molecule has 0 bridgehead atoms. The zero-order valence-electron chi connectivity index (χ0n) is 5.70. The molecular formula is C8H6OS2. The van der Waals surface area contributed by atoms with Crippen LogP contribution in [0.5, 0.6) is 0 Å². The summed E-state index contributed by atoms with van der Waals surface area (Å²) in [5.74, 6) is 0.824. The van der Waals surface area contributed by atoms with Crippen molar-refractivity contribution in [3.63, 3.8) is 0 Å². The van der Waals surface area contributed by atoms with E-state index in [0.29, 0.717) is 5.75 Å². The van der Waals surface area contributed by atoms with Crippen LogP contribution in [0, 0.1) is 0 Å². The standard InChI is InChI=1S/C8H6OS2/c9-7-4-11-8-3-5(10)1-2-6(7)8/h1-3,10H,4H2. The molecule has 1 aliphatic rings. The second-order valence-corrected chi connectivity index (χ2v) is 3.93. The number of Topliss-reactive ketones (excluding diaryl/α,β-unsaturated/α-hetero) is 1. The van der Waals surface area contributed by atoms with Crippen LogP contribution in [0.25, 0.3) is 0 Å². The number of rotatable bonds is 0. The highest BCUT2D eigenvalue weighted by Gasteiger charge is 2.19. The summed E-state index contributed by atoms with van der Waals surface area (Å²) in [5.41, 5.74) is 0.854. The second-order valence-electron chi connectivity index (χ2n) is 2.39.